The Morgan fingerprint density at radius 2 is 1.96 bits per heavy atom. The molecule has 0 fully saturated rings. The van der Waals surface area contributed by atoms with Crippen molar-refractivity contribution in [1.82, 2.24) is 14.5 Å². The summed E-state index contributed by atoms with van der Waals surface area (Å²) in [6.07, 6.45) is 5.82. The van der Waals surface area contributed by atoms with Crippen LogP contribution in [0.1, 0.15) is 36.2 Å². The van der Waals surface area contributed by atoms with Crippen LogP contribution >= 0.6 is 0 Å². The maximum Gasteiger partial charge on any atom is 0.230 e. The minimum atomic E-state index is 0.553. The quantitative estimate of drug-likeness (QED) is 0.636. The second-order valence-corrected chi connectivity index (χ2v) is 6.22. The van der Waals surface area contributed by atoms with Crippen LogP contribution in [0, 0.1) is 13.8 Å². The van der Waals surface area contributed by atoms with E-state index in [0.717, 1.165) is 47.0 Å². The van der Waals surface area contributed by atoms with Crippen molar-refractivity contribution in [3.8, 4) is 23.0 Å². The summed E-state index contributed by atoms with van der Waals surface area (Å²) in [5.41, 5.74) is 2.63. The van der Waals surface area contributed by atoms with Gasteiger partial charge in [-0.3, -0.25) is 0 Å². The molecule has 2 heterocycles. The molecular weight excluding hydrogens is 330 g/mol. The third-order valence-electron chi connectivity index (χ3n) is 4.50. The first-order chi connectivity index (χ1) is 12.6. The van der Waals surface area contributed by atoms with E-state index in [2.05, 4.69) is 16.5 Å². The minimum Gasteiger partial charge on any atom is -0.496 e. The number of benzene rings is 1. The van der Waals surface area contributed by atoms with Gasteiger partial charge in [-0.15, -0.1) is 0 Å². The predicted octanol–water partition coefficient (Wildman–Crippen LogP) is 4.17. The number of aryl methyl sites for hydroxylation is 2. The van der Waals surface area contributed by atoms with Crippen molar-refractivity contribution in [2.24, 2.45) is 0 Å². The SMILES string of the molecule is CCCc1nccn1Cc1nc(-c2ccc(OC)c(C)c2OC)oc1C. The number of methoxy groups -OCH3 is 2. The van der Waals surface area contributed by atoms with Crippen LogP contribution in [-0.2, 0) is 13.0 Å². The van der Waals surface area contributed by atoms with Crippen LogP contribution in [0.4, 0.5) is 0 Å². The summed E-state index contributed by atoms with van der Waals surface area (Å²) in [6.45, 7) is 6.68. The average molecular weight is 355 g/mol. The highest BCUT2D eigenvalue weighted by Crippen LogP contribution is 2.38. The van der Waals surface area contributed by atoms with Crippen LogP contribution in [0.3, 0.4) is 0 Å². The van der Waals surface area contributed by atoms with Crippen LogP contribution < -0.4 is 9.47 Å². The molecule has 0 unspecified atom stereocenters. The third kappa shape index (κ3) is 3.31. The number of rotatable bonds is 7. The van der Waals surface area contributed by atoms with Crippen molar-refractivity contribution < 1.29 is 13.9 Å². The van der Waals surface area contributed by atoms with Crippen molar-refractivity contribution in [2.45, 2.75) is 40.2 Å². The zero-order chi connectivity index (χ0) is 18.7. The number of nitrogens with zero attached hydrogens (tertiary/aromatic N) is 3. The average Bonchev–Trinajstić information content (AvgIpc) is 3.22. The highest BCUT2D eigenvalue weighted by molar-refractivity contribution is 5.68. The van der Waals surface area contributed by atoms with E-state index in [1.807, 2.05) is 38.4 Å². The van der Waals surface area contributed by atoms with Crippen LogP contribution in [0.15, 0.2) is 28.9 Å². The first-order valence-electron chi connectivity index (χ1n) is 8.77. The molecule has 26 heavy (non-hydrogen) atoms. The molecule has 0 aliphatic heterocycles. The first-order valence-corrected chi connectivity index (χ1v) is 8.77. The summed E-state index contributed by atoms with van der Waals surface area (Å²) in [5, 5.41) is 0. The van der Waals surface area contributed by atoms with Gasteiger partial charge in [-0.05, 0) is 32.4 Å². The van der Waals surface area contributed by atoms with E-state index < -0.39 is 0 Å². The smallest absolute Gasteiger partial charge is 0.230 e. The molecule has 0 N–H and O–H groups in total. The van der Waals surface area contributed by atoms with Gasteiger partial charge in [0.15, 0.2) is 0 Å². The van der Waals surface area contributed by atoms with E-state index in [9.17, 15) is 0 Å². The Morgan fingerprint density at radius 1 is 1.15 bits per heavy atom. The Kier molecular flexibility index (Phi) is 5.30. The van der Waals surface area contributed by atoms with Crippen LogP contribution in [0.2, 0.25) is 0 Å². The first kappa shape index (κ1) is 18.0. The second-order valence-electron chi connectivity index (χ2n) is 6.22. The van der Waals surface area contributed by atoms with E-state index >= 15 is 0 Å². The summed E-state index contributed by atoms with van der Waals surface area (Å²) in [5.74, 6) is 3.90. The summed E-state index contributed by atoms with van der Waals surface area (Å²) >= 11 is 0. The number of imidazole rings is 1. The van der Waals surface area contributed by atoms with Crippen molar-refractivity contribution in [3.63, 3.8) is 0 Å². The number of hydrogen-bond donors (Lipinski definition) is 0. The molecule has 0 aliphatic rings. The van der Waals surface area contributed by atoms with Crippen LogP contribution in [0.5, 0.6) is 11.5 Å². The second kappa shape index (κ2) is 7.64. The van der Waals surface area contributed by atoms with Gasteiger partial charge in [-0.1, -0.05) is 6.92 Å². The molecule has 0 radical (unpaired) electrons. The van der Waals surface area contributed by atoms with Gasteiger partial charge in [0, 0.05) is 24.4 Å². The lowest BCUT2D eigenvalue weighted by atomic mass is 10.1. The molecule has 0 saturated carbocycles. The van der Waals surface area contributed by atoms with Gasteiger partial charge in [-0.2, -0.15) is 0 Å². The third-order valence-corrected chi connectivity index (χ3v) is 4.50. The number of oxazole rings is 1. The fourth-order valence-corrected chi connectivity index (χ4v) is 3.11. The van der Waals surface area contributed by atoms with E-state index in [0.29, 0.717) is 18.2 Å². The Labute approximate surface area is 153 Å². The van der Waals surface area contributed by atoms with Gasteiger partial charge in [0.1, 0.15) is 28.8 Å². The molecule has 1 aromatic carbocycles. The molecule has 6 nitrogen and oxygen atoms in total. The van der Waals surface area contributed by atoms with Gasteiger partial charge in [0.05, 0.1) is 26.3 Å². The molecular formula is C20H25N3O3. The van der Waals surface area contributed by atoms with E-state index in [1.165, 1.54) is 0 Å². The highest BCUT2D eigenvalue weighted by atomic mass is 16.5. The van der Waals surface area contributed by atoms with E-state index in [-0.39, 0.29) is 0 Å². The Balaban J connectivity index is 1.96. The fraction of sp³-hybridized carbons (Fsp3) is 0.400. The lowest BCUT2D eigenvalue weighted by Gasteiger charge is -2.12. The minimum absolute atomic E-state index is 0.553. The number of ether oxygens (including phenoxy) is 2. The van der Waals surface area contributed by atoms with Crippen LogP contribution in [-0.4, -0.2) is 28.8 Å². The van der Waals surface area contributed by atoms with Gasteiger partial charge in [-0.25, -0.2) is 9.97 Å². The summed E-state index contributed by atoms with van der Waals surface area (Å²) in [4.78, 5) is 9.15. The molecule has 0 bridgehead atoms. The molecule has 3 aromatic rings. The highest BCUT2D eigenvalue weighted by Gasteiger charge is 2.19. The molecule has 0 aliphatic carbocycles. The molecule has 3 rings (SSSR count). The molecule has 0 amide bonds. The van der Waals surface area contributed by atoms with Gasteiger partial charge < -0.3 is 18.5 Å². The maximum absolute atomic E-state index is 5.95. The summed E-state index contributed by atoms with van der Waals surface area (Å²) < 4.78 is 19.0. The molecule has 6 heteroatoms. The molecule has 0 atom stereocenters. The molecule has 0 spiro atoms. The zero-order valence-corrected chi connectivity index (χ0v) is 16.0. The molecule has 138 valence electrons. The Hall–Kier alpha value is -2.76. The van der Waals surface area contributed by atoms with E-state index in [4.69, 9.17) is 18.9 Å². The topological polar surface area (TPSA) is 62.3 Å². The van der Waals surface area contributed by atoms with Gasteiger partial charge in [0.2, 0.25) is 5.89 Å². The monoisotopic (exact) mass is 355 g/mol. The summed E-state index contributed by atoms with van der Waals surface area (Å²) in [7, 11) is 3.29. The Bertz CT molecular complexity index is 896. The van der Waals surface area contributed by atoms with Crippen LogP contribution in [0.25, 0.3) is 11.5 Å². The predicted molar refractivity (Wildman–Crippen MR) is 99.8 cm³/mol. The number of aromatic nitrogens is 3. The molecule has 2 aromatic heterocycles. The fourth-order valence-electron chi connectivity index (χ4n) is 3.11. The van der Waals surface area contributed by atoms with Crippen molar-refractivity contribution in [1.29, 1.82) is 0 Å². The van der Waals surface area contributed by atoms with Crippen molar-refractivity contribution in [2.75, 3.05) is 14.2 Å². The Morgan fingerprint density at radius 3 is 2.65 bits per heavy atom. The largest absolute Gasteiger partial charge is 0.496 e. The van der Waals surface area contributed by atoms with Crippen molar-refractivity contribution >= 4 is 0 Å². The van der Waals surface area contributed by atoms with E-state index in [1.54, 1.807) is 14.2 Å². The zero-order valence-electron chi connectivity index (χ0n) is 16.0. The maximum atomic E-state index is 5.95. The summed E-state index contributed by atoms with van der Waals surface area (Å²) in [6, 6.07) is 3.82. The lowest BCUT2D eigenvalue weighted by molar-refractivity contribution is 0.388. The van der Waals surface area contributed by atoms with Gasteiger partial charge in [0.25, 0.3) is 0 Å². The molecule has 0 saturated heterocycles. The van der Waals surface area contributed by atoms with Crippen molar-refractivity contribution in [3.05, 3.63) is 47.4 Å². The normalized spacial score (nSPS) is 11.0. The lowest BCUT2D eigenvalue weighted by Crippen LogP contribution is -2.05. The van der Waals surface area contributed by atoms with Gasteiger partial charge >= 0.3 is 0 Å². The number of hydrogen-bond acceptors (Lipinski definition) is 5. The standard InChI is InChI=1S/C20H25N3O3/c1-6-7-18-21-10-11-23(18)12-16-14(3)26-20(22-16)15-8-9-17(24-4)13(2)19(15)25-5/h8-11H,6-7,12H2,1-5H3.